The molecule has 0 saturated carbocycles. The minimum atomic E-state index is -3.15. The van der Waals surface area contributed by atoms with E-state index in [9.17, 15) is 13.2 Å². The van der Waals surface area contributed by atoms with Crippen LogP contribution in [0.2, 0.25) is 0 Å². The summed E-state index contributed by atoms with van der Waals surface area (Å²) in [6.07, 6.45) is 6.42. The van der Waals surface area contributed by atoms with E-state index < -0.39 is 9.84 Å². The van der Waals surface area contributed by atoms with Gasteiger partial charge in [-0.05, 0) is 76.9 Å². The third-order valence-corrected chi connectivity index (χ3v) is 6.99. The Hall–Kier alpha value is -1.44. The normalized spacial score (nSPS) is 17.4. The molecule has 1 heterocycles. The molecule has 30 heavy (non-hydrogen) atoms. The maximum absolute atomic E-state index is 12.3. The second-order valence-corrected chi connectivity index (χ2v) is 10.7. The van der Waals surface area contributed by atoms with Crippen LogP contribution in [0.15, 0.2) is 29.2 Å². The van der Waals surface area contributed by atoms with Gasteiger partial charge in [0.25, 0.3) is 0 Å². The van der Waals surface area contributed by atoms with Crippen molar-refractivity contribution in [2.75, 3.05) is 52.6 Å². The molecule has 0 unspecified atom stereocenters. The average molecular weight is 438 g/mol. The van der Waals surface area contributed by atoms with Crippen molar-refractivity contribution in [3.05, 3.63) is 29.8 Å². The maximum atomic E-state index is 12.3. The molecular formula is C23H39N3O3S. The van der Waals surface area contributed by atoms with E-state index in [4.69, 9.17) is 0 Å². The molecule has 0 bridgehead atoms. The zero-order valence-electron chi connectivity index (χ0n) is 19.1. The largest absolute Gasteiger partial charge is 0.342 e. The van der Waals surface area contributed by atoms with Crippen LogP contribution in [-0.2, 0) is 21.1 Å². The fourth-order valence-electron chi connectivity index (χ4n) is 4.10. The number of carbonyl (C=O) groups excluding carboxylic acids is 1. The lowest BCUT2D eigenvalue weighted by molar-refractivity contribution is -0.131. The molecule has 0 spiro atoms. The van der Waals surface area contributed by atoms with E-state index in [1.54, 1.807) is 12.1 Å². The zero-order valence-corrected chi connectivity index (χ0v) is 20.0. The molecular weight excluding hydrogens is 398 g/mol. The predicted molar refractivity (Wildman–Crippen MR) is 123 cm³/mol. The minimum absolute atomic E-state index is 0.256. The van der Waals surface area contributed by atoms with Gasteiger partial charge in [-0.2, -0.15) is 0 Å². The molecule has 0 radical (unpaired) electrons. The Morgan fingerprint density at radius 2 is 1.80 bits per heavy atom. The lowest BCUT2D eigenvalue weighted by atomic mass is 10.1. The number of carbonyl (C=O) groups is 1. The third-order valence-electron chi connectivity index (χ3n) is 5.87. The van der Waals surface area contributed by atoms with Gasteiger partial charge in [0.2, 0.25) is 5.91 Å². The van der Waals surface area contributed by atoms with Gasteiger partial charge in [-0.25, -0.2) is 8.42 Å². The second-order valence-electron chi connectivity index (χ2n) is 8.68. The van der Waals surface area contributed by atoms with Gasteiger partial charge in [0.1, 0.15) is 0 Å². The Morgan fingerprint density at radius 1 is 1.10 bits per heavy atom. The molecule has 1 fully saturated rings. The van der Waals surface area contributed by atoms with Crippen LogP contribution in [-0.4, -0.2) is 87.6 Å². The van der Waals surface area contributed by atoms with Crippen molar-refractivity contribution < 1.29 is 13.2 Å². The smallest absolute Gasteiger partial charge is 0.236 e. The minimum Gasteiger partial charge on any atom is -0.342 e. The van der Waals surface area contributed by atoms with Crippen molar-refractivity contribution >= 4 is 15.7 Å². The Bertz CT molecular complexity index is 764. The molecule has 1 aromatic carbocycles. The lowest BCUT2D eigenvalue weighted by Crippen LogP contribution is -2.38. The van der Waals surface area contributed by atoms with Crippen LogP contribution in [0.25, 0.3) is 0 Å². The first kappa shape index (κ1) is 24.8. The SMILES string of the molecule is CCCN(CCCCN1CCCN(C)CC1=O)[C@@H](C)Cc1ccc(S(C)(=O)=O)cc1. The summed E-state index contributed by atoms with van der Waals surface area (Å²) in [5.74, 6) is 0.256. The molecule has 1 aromatic rings. The van der Waals surface area contributed by atoms with Crippen LogP contribution in [0.1, 0.15) is 45.1 Å². The number of likely N-dealkylation sites (N-methyl/N-ethyl adjacent to an activating group) is 1. The fraction of sp³-hybridized carbons (Fsp3) is 0.696. The average Bonchev–Trinajstić information content (AvgIpc) is 2.83. The number of hydrogen-bond acceptors (Lipinski definition) is 5. The van der Waals surface area contributed by atoms with Crippen molar-refractivity contribution in [1.82, 2.24) is 14.7 Å². The van der Waals surface area contributed by atoms with Crippen molar-refractivity contribution in [2.45, 2.75) is 56.9 Å². The first-order chi connectivity index (χ1) is 14.2. The van der Waals surface area contributed by atoms with Crippen LogP contribution in [0.5, 0.6) is 0 Å². The van der Waals surface area contributed by atoms with E-state index in [0.717, 1.165) is 70.4 Å². The maximum Gasteiger partial charge on any atom is 0.236 e. The van der Waals surface area contributed by atoms with E-state index in [0.29, 0.717) is 17.5 Å². The van der Waals surface area contributed by atoms with E-state index >= 15 is 0 Å². The van der Waals surface area contributed by atoms with Gasteiger partial charge in [0.05, 0.1) is 11.4 Å². The Kier molecular flexibility index (Phi) is 9.78. The molecule has 1 amide bonds. The lowest BCUT2D eigenvalue weighted by Gasteiger charge is -2.29. The number of amides is 1. The number of hydrogen-bond donors (Lipinski definition) is 0. The molecule has 170 valence electrons. The van der Waals surface area contributed by atoms with Crippen LogP contribution in [0.4, 0.5) is 0 Å². The summed E-state index contributed by atoms with van der Waals surface area (Å²) in [6.45, 7) is 9.79. The monoisotopic (exact) mass is 437 g/mol. The standard InChI is InChI=1S/C23H39N3O3S/c1-5-13-25(15-6-7-16-26-17-8-14-24(3)19-23(26)27)20(2)18-21-9-11-22(12-10-21)30(4,28)29/h9-12,20H,5-8,13-19H2,1-4H3/t20-/m0/s1. The van der Waals surface area contributed by atoms with Gasteiger partial charge < -0.3 is 9.80 Å². The molecule has 0 N–H and O–H groups in total. The van der Waals surface area contributed by atoms with Crippen molar-refractivity contribution in [1.29, 1.82) is 0 Å². The Morgan fingerprint density at radius 3 is 2.43 bits per heavy atom. The van der Waals surface area contributed by atoms with Crippen molar-refractivity contribution in [3.8, 4) is 0 Å². The number of nitrogens with zero attached hydrogens (tertiary/aromatic N) is 3. The van der Waals surface area contributed by atoms with Crippen LogP contribution >= 0.6 is 0 Å². The highest BCUT2D eigenvalue weighted by molar-refractivity contribution is 7.90. The third kappa shape index (κ3) is 8.00. The summed E-state index contributed by atoms with van der Waals surface area (Å²) < 4.78 is 23.3. The van der Waals surface area contributed by atoms with Gasteiger partial charge in [-0.1, -0.05) is 19.1 Å². The summed E-state index contributed by atoms with van der Waals surface area (Å²) >= 11 is 0. The molecule has 7 heteroatoms. The molecule has 0 aliphatic carbocycles. The Labute approximate surface area is 183 Å². The van der Waals surface area contributed by atoms with E-state index in [-0.39, 0.29) is 5.91 Å². The molecule has 1 aliphatic heterocycles. The topological polar surface area (TPSA) is 60.9 Å². The quantitative estimate of drug-likeness (QED) is 0.498. The highest BCUT2D eigenvalue weighted by Crippen LogP contribution is 2.15. The molecule has 1 aliphatic rings. The van der Waals surface area contributed by atoms with Gasteiger partial charge >= 0.3 is 0 Å². The highest BCUT2D eigenvalue weighted by Gasteiger charge is 2.19. The van der Waals surface area contributed by atoms with Crippen LogP contribution < -0.4 is 0 Å². The van der Waals surface area contributed by atoms with Crippen molar-refractivity contribution in [2.24, 2.45) is 0 Å². The van der Waals surface area contributed by atoms with Gasteiger partial charge in [-0.3, -0.25) is 9.69 Å². The Balaban J connectivity index is 1.82. The summed E-state index contributed by atoms with van der Waals surface area (Å²) in [6, 6.07) is 7.66. The number of benzene rings is 1. The van der Waals surface area contributed by atoms with Crippen LogP contribution in [0.3, 0.4) is 0 Å². The zero-order chi connectivity index (χ0) is 22.1. The summed E-state index contributed by atoms with van der Waals surface area (Å²) in [5.41, 5.74) is 1.16. The summed E-state index contributed by atoms with van der Waals surface area (Å²) in [5, 5.41) is 0. The fourth-order valence-corrected chi connectivity index (χ4v) is 4.73. The first-order valence-electron chi connectivity index (χ1n) is 11.2. The predicted octanol–water partition coefficient (Wildman–Crippen LogP) is 2.68. The van der Waals surface area contributed by atoms with E-state index in [1.165, 1.54) is 6.26 Å². The van der Waals surface area contributed by atoms with Gasteiger partial charge in [0, 0.05) is 31.9 Å². The number of sulfone groups is 1. The summed E-state index contributed by atoms with van der Waals surface area (Å²) in [4.78, 5) is 19.3. The van der Waals surface area contributed by atoms with Crippen LogP contribution in [0, 0.1) is 0 Å². The van der Waals surface area contributed by atoms with Crippen molar-refractivity contribution in [3.63, 3.8) is 0 Å². The molecule has 1 saturated heterocycles. The second kappa shape index (κ2) is 11.8. The molecule has 6 nitrogen and oxygen atoms in total. The number of rotatable bonds is 11. The molecule has 2 rings (SSSR count). The molecule has 1 atom stereocenters. The van der Waals surface area contributed by atoms with Gasteiger partial charge in [-0.15, -0.1) is 0 Å². The number of unbranched alkanes of at least 4 members (excludes halogenated alkanes) is 1. The highest BCUT2D eigenvalue weighted by atomic mass is 32.2. The molecule has 0 aromatic heterocycles. The van der Waals surface area contributed by atoms with Gasteiger partial charge in [0.15, 0.2) is 9.84 Å². The summed E-state index contributed by atoms with van der Waals surface area (Å²) in [7, 11) is -1.13. The van der Waals surface area contributed by atoms with E-state index in [2.05, 4.69) is 23.6 Å². The van der Waals surface area contributed by atoms with E-state index in [1.807, 2.05) is 24.1 Å². The first-order valence-corrected chi connectivity index (χ1v) is 13.1.